The summed E-state index contributed by atoms with van der Waals surface area (Å²) >= 11 is 0. The first-order chi connectivity index (χ1) is 13.3. The molecule has 0 saturated carbocycles. The number of nitrogens with one attached hydrogen (secondary N) is 1. The second-order valence-electron chi connectivity index (χ2n) is 6.00. The molecule has 3 aromatic carbocycles. The molecule has 1 heterocycles. The van der Waals surface area contributed by atoms with Gasteiger partial charge in [0, 0.05) is 23.6 Å². The lowest BCUT2D eigenvalue weighted by Gasteiger charge is -2.12. The molecule has 0 aliphatic carbocycles. The van der Waals surface area contributed by atoms with Crippen molar-refractivity contribution in [3.63, 3.8) is 0 Å². The van der Waals surface area contributed by atoms with E-state index in [-0.39, 0.29) is 5.91 Å². The van der Waals surface area contributed by atoms with E-state index in [0.29, 0.717) is 17.0 Å². The van der Waals surface area contributed by atoms with Crippen LogP contribution in [0.2, 0.25) is 0 Å². The highest BCUT2D eigenvalue weighted by molar-refractivity contribution is 6.05. The van der Waals surface area contributed by atoms with Gasteiger partial charge in [-0.2, -0.15) is 0 Å². The van der Waals surface area contributed by atoms with Crippen molar-refractivity contribution in [1.29, 1.82) is 0 Å². The highest BCUT2D eigenvalue weighted by atomic mass is 16.5. The molecule has 0 aliphatic rings. The number of hydrogen-bond acceptors (Lipinski definition) is 2. The molecule has 4 rings (SSSR count). The second kappa shape index (κ2) is 7.62. The number of carbonyl (C=O) groups is 1. The first kappa shape index (κ1) is 16.7. The van der Waals surface area contributed by atoms with Crippen LogP contribution < -0.4 is 10.1 Å². The van der Waals surface area contributed by atoms with Crippen molar-refractivity contribution in [2.45, 2.75) is 0 Å². The third-order valence-corrected chi connectivity index (χ3v) is 4.14. The zero-order valence-electron chi connectivity index (χ0n) is 14.6. The van der Waals surface area contributed by atoms with Gasteiger partial charge in [-0.15, -0.1) is 0 Å². The van der Waals surface area contributed by atoms with E-state index in [1.165, 1.54) is 0 Å². The second-order valence-corrected chi connectivity index (χ2v) is 6.00. The Morgan fingerprint density at radius 1 is 0.741 bits per heavy atom. The van der Waals surface area contributed by atoms with Crippen molar-refractivity contribution < 1.29 is 9.53 Å². The Hall–Kier alpha value is -3.79. The van der Waals surface area contributed by atoms with Crippen LogP contribution in [0.5, 0.6) is 11.5 Å². The first-order valence-electron chi connectivity index (χ1n) is 8.66. The summed E-state index contributed by atoms with van der Waals surface area (Å²) in [5.41, 5.74) is 2.21. The molecule has 0 radical (unpaired) electrons. The molecule has 4 nitrogen and oxygen atoms in total. The van der Waals surface area contributed by atoms with Crippen molar-refractivity contribution >= 4 is 11.6 Å². The van der Waals surface area contributed by atoms with Crippen molar-refractivity contribution in [2.24, 2.45) is 0 Å². The van der Waals surface area contributed by atoms with Crippen molar-refractivity contribution in [2.75, 3.05) is 5.32 Å². The minimum atomic E-state index is -0.182. The number of anilines is 1. The van der Waals surface area contributed by atoms with Crippen molar-refractivity contribution in [3.8, 4) is 17.2 Å². The summed E-state index contributed by atoms with van der Waals surface area (Å²) in [6.07, 6.45) is 3.93. The van der Waals surface area contributed by atoms with Crippen LogP contribution in [0.4, 0.5) is 5.69 Å². The van der Waals surface area contributed by atoms with Gasteiger partial charge in [0.15, 0.2) is 5.75 Å². The summed E-state index contributed by atoms with van der Waals surface area (Å²) in [5.74, 6) is 1.13. The molecule has 1 amide bonds. The van der Waals surface area contributed by atoms with Crippen LogP contribution in [-0.2, 0) is 0 Å². The van der Waals surface area contributed by atoms with Gasteiger partial charge in [-0.1, -0.05) is 30.3 Å². The van der Waals surface area contributed by atoms with E-state index in [9.17, 15) is 4.79 Å². The molecule has 0 spiro atoms. The van der Waals surface area contributed by atoms with Crippen LogP contribution in [0.15, 0.2) is 103 Å². The number of ether oxygens (including phenoxy) is 1. The largest absolute Gasteiger partial charge is 0.455 e. The van der Waals surface area contributed by atoms with E-state index in [0.717, 1.165) is 11.4 Å². The van der Waals surface area contributed by atoms with Gasteiger partial charge < -0.3 is 14.6 Å². The SMILES string of the molecule is O=C(Nc1ccccc1Oc1ccccc1)c1ccc(-n2cccc2)cc1. The molecule has 0 saturated heterocycles. The van der Waals surface area contributed by atoms with Gasteiger partial charge in [-0.25, -0.2) is 0 Å². The molecule has 0 atom stereocenters. The summed E-state index contributed by atoms with van der Waals surface area (Å²) < 4.78 is 7.89. The Bertz CT molecular complexity index is 1020. The Labute approximate surface area is 157 Å². The van der Waals surface area contributed by atoms with Gasteiger partial charge in [0.05, 0.1) is 5.69 Å². The van der Waals surface area contributed by atoms with Gasteiger partial charge in [-0.3, -0.25) is 4.79 Å². The van der Waals surface area contributed by atoms with Gasteiger partial charge in [0.2, 0.25) is 0 Å². The maximum Gasteiger partial charge on any atom is 0.255 e. The topological polar surface area (TPSA) is 43.3 Å². The summed E-state index contributed by atoms with van der Waals surface area (Å²) in [6, 6.07) is 28.3. The molecule has 4 aromatic rings. The predicted molar refractivity (Wildman–Crippen MR) is 107 cm³/mol. The van der Waals surface area contributed by atoms with Crippen LogP contribution in [0, 0.1) is 0 Å². The van der Waals surface area contributed by atoms with E-state index in [2.05, 4.69) is 5.32 Å². The molecule has 4 heteroatoms. The van der Waals surface area contributed by atoms with Crippen molar-refractivity contribution in [3.05, 3.63) is 109 Å². The zero-order valence-corrected chi connectivity index (χ0v) is 14.6. The number of aromatic nitrogens is 1. The molecule has 0 aliphatic heterocycles. The van der Waals surface area contributed by atoms with E-state index in [1.54, 1.807) is 0 Å². The monoisotopic (exact) mass is 354 g/mol. The van der Waals surface area contributed by atoms with Crippen molar-refractivity contribution in [1.82, 2.24) is 4.57 Å². The normalized spacial score (nSPS) is 10.4. The third-order valence-electron chi connectivity index (χ3n) is 4.14. The number of nitrogens with zero attached hydrogens (tertiary/aromatic N) is 1. The summed E-state index contributed by atoms with van der Waals surface area (Å²) in [6.45, 7) is 0. The minimum absolute atomic E-state index is 0.182. The maximum absolute atomic E-state index is 12.6. The third kappa shape index (κ3) is 3.90. The summed E-state index contributed by atoms with van der Waals surface area (Å²) in [7, 11) is 0. The number of carbonyl (C=O) groups excluding carboxylic acids is 1. The molecule has 0 fully saturated rings. The lowest BCUT2D eigenvalue weighted by Crippen LogP contribution is -2.12. The van der Waals surface area contributed by atoms with E-state index < -0.39 is 0 Å². The maximum atomic E-state index is 12.6. The van der Waals surface area contributed by atoms with Gasteiger partial charge in [0.1, 0.15) is 5.75 Å². The van der Waals surface area contributed by atoms with Crippen LogP contribution in [0.3, 0.4) is 0 Å². The van der Waals surface area contributed by atoms with E-state index >= 15 is 0 Å². The molecule has 0 unspecified atom stereocenters. The minimum Gasteiger partial charge on any atom is -0.455 e. The quantitative estimate of drug-likeness (QED) is 0.513. The van der Waals surface area contributed by atoms with Crippen LogP contribution >= 0.6 is 0 Å². The Morgan fingerprint density at radius 2 is 1.41 bits per heavy atom. The fraction of sp³-hybridized carbons (Fsp3) is 0. The number of hydrogen-bond donors (Lipinski definition) is 1. The zero-order chi connectivity index (χ0) is 18.5. The van der Waals surface area contributed by atoms with Gasteiger partial charge >= 0.3 is 0 Å². The molecule has 27 heavy (non-hydrogen) atoms. The summed E-state index contributed by atoms with van der Waals surface area (Å²) in [4.78, 5) is 12.6. The lowest BCUT2D eigenvalue weighted by atomic mass is 10.2. The number of benzene rings is 3. The molecular weight excluding hydrogens is 336 g/mol. The van der Waals surface area contributed by atoms with E-state index in [4.69, 9.17) is 4.74 Å². The fourth-order valence-corrected chi connectivity index (χ4v) is 2.76. The highest BCUT2D eigenvalue weighted by Gasteiger charge is 2.10. The van der Waals surface area contributed by atoms with E-state index in [1.807, 2.05) is 108 Å². The smallest absolute Gasteiger partial charge is 0.255 e. The number of rotatable bonds is 5. The number of amides is 1. The predicted octanol–water partition coefficient (Wildman–Crippen LogP) is 5.52. The van der Waals surface area contributed by atoms with Gasteiger partial charge in [-0.05, 0) is 60.7 Å². The van der Waals surface area contributed by atoms with Crippen LogP contribution in [-0.4, -0.2) is 10.5 Å². The van der Waals surface area contributed by atoms with Crippen LogP contribution in [0.25, 0.3) is 5.69 Å². The molecule has 1 aromatic heterocycles. The first-order valence-corrected chi connectivity index (χ1v) is 8.66. The molecule has 0 bridgehead atoms. The average molecular weight is 354 g/mol. The summed E-state index contributed by atoms with van der Waals surface area (Å²) in [5, 5.41) is 2.93. The highest BCUT2D eigenvalue weighted by Crippen LogP contribution is 2.29. The fourth-order valence-electron chi connectivity index (χ4n) is 2.76. The number of para-hydroxylation sites is 3. The molecule has 132 valence electrons. The Balaban J connectivity index is 1.51. The Kier molecular flexibility index (Phi) is 4.70. The molecular formula is C23H18N2O2. The molecule has 1 N–H and O–H groups in total. The standard InChI is InChI=1S/C23H18N2O2/c26-23(18-12-14-19(15-13-18)25-16-6-7-17-25)24-21-10-4-5-11-22(21)27-20-8-2-1-3-9-20/h1-17H,(H,24,26). The Morgan fingerprint density at radius 3 is 2.15 bits per heavy atom. The van der Waals surface area contributed by atoms with Crippen LogP contribution in [0.1, 0.15) is 10.4 Å². The van der Waals surface area contributed by atoms with Gasteiger partial charge in [0.25, 0.3) is 5.91 Å². The lowest BCUT2D eigenvalue weighted by molar-refractivity contribution is 0.102. The average Bonchev–Trinajstić information content (AvgIpc) is 3.25.